The molecule has 1 atom stereocenters. The summed E-state index contributed by atoms with van der Waals surface area (Å²) in [4.78, 5) is 9.72. The molecular weight excluding hydrogens is 837 g/mol. The molecule has 0 saturated heterocycles. The minimum Gasteiger partial charge on any atom is -0.501 e. The number of hydrogen-bond donors (Lipinski definition) is 0. The quantitative estimate of drug-likeness (QED) is 0.123. The fourth-order valence-electron chi connectivity index (χ4n) is 6.72. The van der Waals surface area contributed by atoms with E-state index in [0.717, 1.165) is 56.6 Å². The van der Waals surface area contributed by atoms with Gasteiger partial charge >= 0.3 is 126 Å². The zero-order valence-corrected chi connectivity index (χ0v) is 33.1. The van der Waals surface area contributed by atoms with Crippen molar-refractivity contribution >= 4 is 51.0 Å². The standard InChI is InChI=1S/C26H16NO.C18H24GeN.Ir/c1-2-9-17(10-3-1)24-20-12-4-6-15-22(20)27-25(24)21-14-8-13-19-18-11-5-7-16-23(18)28-26(19)21;1-14(2)11-16-12-18(15-9-7-6-8-10-15)20-13-17(16)19(3,4)5;/h1-13,15-16,24H;6-9,12-14H,11H2,1-5H3;/q2*-1;. The van der Waals surface area contributed by atoms with E-state index >= 15 is 0 Å². The van der Waals surface area contributed by atoms with Gasteiger partial charge in [0.15, 0.2) is 0 Å². The molecule has 5 aromatic carbocycles. The Morgan fingerprint density at radius 1 is 0.776 bits per heavy atom. The van der Waals surface area contributed by atoms with Crippen molar-refractivity contribution in [3.63, 3.8) is 0 Å². The van der Waals surface area contributed by atoms with Crippen molar-refractivity contribution < 1.29 is 24.5 Å². The van der Waals surface area contributed by atoms with Crippen molar-refractivity contribution in [1.29, 1.82) is 0 Å². The van der Waals surface area contributed by atoms with Crippen LogP contribution in [-0.2, 0) is 26.5 Å². The Morgan fingerprint density at radius 2 is 1.51 bits per heavy atom. The number of hydrogen-bond acceptors (Lipinski definition) is 3. The first kappa shape index (κ1) is 34.8. The summed E-state index contributed by atoms with van der Waals surface area (Å²) in [5, 5.41) is 2.23. The van der Waals surface area contributed by atoms with Crippen LogP contribution in [0, 0.1) is 18.1 Å². The van der Waals surface area contributed by atoms with Crippen LogP contribution in [0.3, 0.4) is 0 Å². The summed E-state index contributed by atoms with van der Waals surface area (Å²) in [5.41, 5.74) is 10.8. The molecule has 7 aromatic rings. The average molecular weight is 878 g/mol. The van der Waals surface area contributed by atoms with Gasteiger partial charge in [-0.1, -0.05) is 77.7 Å². The number of aliphatic imine (C=N–C) groups is 1. The molecule has 0 bridgehead atoms. The second-order valence-electron chi connectivity index (χ2n) is 13.9. The van der Waals surface area contributed by atoms with Crippen molar-refractivity contribution in [2.75, 3.05) is 0 Å². The summed E-state index contributed by atoms with van der Waals surface area (Å²) in [6.45, 7) is 4.57. The number of pyridine rings is 1. The molecule has 49 heavy (non-hydrogen) atoms. The van der Waals surface area contributed by atoms with Crippen LogP contribution in [0.1, 0.15) is 42.0 Å². The maximum Gasteiger partial charge on any atom is 0.120 e. The van der Waals surface area contributed by atoms with E-state index in [0.29, 0.717) is 5.92 Å². The molecule has 0 amide bonds. The van der Waals surface area contributed by atoms with E-state index in [1.165, 1.54) is 16.7 Å². The normalized spacial score (nSPS) is 13.8. The Labute approximate surface area is 306 Å². The Hall–Kier alpha value is -4.09. The number of rotatable bonds is 6. The predicted octanol–water partition coefficient (Wildman–Crippen LogP) is 10.9. The number of furan rings is 1. The topological polar surface area (TPSA) is 38.4 Å². The molecule has 0 saturated carbocycles. The molecule has 247 valence electrons. The van der Waals surface area contributed by atoms with Gasteiger partial charge in [0.2, 0.25) is 0 Å². The summed E-state index contributed by atoms with van der Waals surface area (Å²) in [6, 6.07) is 48.2. The largest absolute Gasteiger partial charge is 0.501 e. The van der Waals surface area contributed by atoms with Gasteiger partial charge in [0.25, 0.3) is 0 Å². The molecule has 1 aliphatic heterocycles. The molecule has 8 rings (SSSR count). The molecule has 1 unspecified atom stereocenters. The average Bonchev–Trinajstić information content (AvgIpc) is 3.67. The summed E-state index contributed by atoms with van der Waals surface area (Å²) in [5.74, 6) is 8.07. The van der Waals surface area contributed by atoms with E-state index in [2.05, 4.69) is 116 Å². The molecule has 0 fully saturated rings. The zero-order chi connectivity index (χ0) is 33.3. The first-order chi connectivity index (χ1) is 23.3. The van der Waals surface area contributed by atoms with Gasteiger partial charge in [0.1, 0.15) is 5.58 Å². The van der Waals surface area contributed by atoms with Gasteiger partial charge in [0.05, 0.1) is 11.3 Å². The molecule has 3 nitrogen and oxygen atoms in total. The zero-order valence-electron chi connectivity index (χ0n) is 28.6. The van der Waals surface area contributed by atoms with E-state index in [4.69, 9.17) is 14.4 Å². The SMILES string of the molecule is CC(C)Cc1cc(-c2[c-]cccc2)nc[c]1[Ge]([CH3])([CH3])[CH3].[Ir].[c-]1ccc2c(oc3ccccc32)c1C1=Nc2ccccc2C1c1ccccc1. The van der Waals surface area contributed by atoms with Crippen molar-refractivity contribution in [3.8, 4) is 11.3 Å². The summed E-state index contributed by atoms with van der Waals surface area (Å²) in [6.07, 6.45) is 3.27. The van der Waals surface area contributed by atoms with Crippen LogP contribution >= 0.6 is 0 Å². The van der Waals surface area contributed by atoms with Gasteiger partial charge in [-0.2, -0.15) is 0 Å². The van der Waals surface area contributed by atoms with Crippen LogP contribution in [0.25, 0.3) is 33.2 Å². The molecule has 1 aliphatic rings. The van der Waals surface area contributed by atoms with Crippen molar-refractivity contribution in [2.24, 2.45) is 10.9 Å². The van der Waals surface area contributed by atoms with Crippen molar-refractivity contribution in [1.82, 2.24) is 4.98 Å². The van der Waals surface area contributed by atoms with E-state index in [9.17, 15) is 0 Å². The Morgan fingerprint density at radius 3 is 2.27 bits per heavy atom. The van der Waals surface area contributed by atoms with Crippen LogP contribution in [0.15, 0.2) is 137 Å². The number of nitrogens with zero attached hydrogens (tertiary/aromatic N) is 2. The third kappa shape index (κ3) is 7.28. The number of fused-ring (bicyclic) bond motifs is 4. The third-order valence-electron chi connectivity index (χ3n) is 8.90. The van der Waals surface area contributed by atoms with Crippen LogP contribution in [-0.4, -0.2) is 24.0 Å². The minimum absolute atomic E-state index is 0. The number of para-hydroxylation sites is 2. The molecule has 0 N–H and O–H groups in total. The molecule has 0 aliphatic carbocycles. The van der Waals surface area contributed by atoms with Crippen LogP contribution in [0.5, 0.6) is 0 Å². The molecular formula is C44H40GeIrN2O-2. The monoisotopic (exact) mass is 879 g/mol. The molecule has 3 heterocycles. The summed E-state index contributed by atoms with van der Waals surface area (Å²) >= 11 is -1.86. The molecule has 1 radical (unpaired) electrons. The Balaban J connectivity index is 0.000000177. The summed E-state index contributed by atoms with van der Waals surface area (Å²) in [7, 11) is 0. The maximum atomic E-state index is 6.27. The van der Waals surface area contributed by atoms with Gasteiger partial charge in [-0.05, 0) is 29.0 Å². The number of benzene rings is 5. The molecule has 5 heteroatoms. The van der Waals surface area contributed by atoms with Crippen LogP contribution in [0.4, 0.5) is 5.69 Å². The first-order valence-corrected chi connectivity index (χ1v) is 24.1. The Kier molecular flexibility index (Phi) is 10.5. The fraction of sp³-hybridized carbons (Fsp3) is 0.182. The van der Waals surface area contributed by atoms with Gasteiger partial charge in [-0.15, -0.1) is 18.2 Å². The van der Waals surface area contributed by atoms with Crippen molar-refractivity contribution in [2.45, 2.75) is 43.5 Å². The molecule has 0 spiro atoms. The van der Waals surface area contributed by atoms with Gasteiger partial charge in [-0.25, -0.2) is 0 Å². The van der Waals surface area contributed by atoms with Crippen molar-refractivity contribution in [3.05, 3.63) is 162 Å². The van der Waals surface area contributed by atoms with E-state index < -0.39 is 13.3 Å². The van der Waals surface area contributed by atoms with Crippen LogP contribution < -0.4 is 4.40 Å². The third-order valence-corrected chi connectivity index (χ3v) is 13.2. The first-order valence-electron chi connectivity index (χ1n) is 16.8. The van der Waals surface area contributed by atoms with Gasteiger partial charge < -0.3 is 4.42 Å². The van der Waals surface area contributed by atoms with Crippen LogP contribution in [0.2, 0.25) is 17.3 Å². The maximum absolute atomic E-state index is 6.27. The summed E-state index contributed by atoms with van der Waals surface area (Å²) < 4.78 is 7.81. The second-order valence-corrected chi connectivity index (χ2v) is 24.5. The second kappa shape index (κ2) is 14.8. The van der Waals surface area contributed by atoms with Gasteiger partial charge in [-0.3, -0.25) is 4.99 Å². The van der Waals surface area contributed by atoms with E-state index in [1.807, 2.05) is 54.6 Å². The Bertz CT molecular complexity index is 2230. The smallest absolute Gasteiger partial charge is 0.120 e. The molecule has 2 aromatic heterocycles. The number of aromatic nitrogens is 1. The van der Waals surface area contributed by atoms with E-state index in [-0.39, 0.29) is 26.0 Å². The fourth-order valence-corrected chi connectivity index (χ4v) is 10.1. The van der Waals surface area contributed by atoms with E-state index in [1.54, 1.807) is 4.40 Å². The van der Waals surface area contributed by atoms with Gasteiger partial charge in [0, 0.05) is 31.4 Å². The predicted molar refractivity (Wildman–Crippen MR) is 204 cm³/mol. The minimum atomic E-state index is -1.86.